The number of amides is 1. The number of rotatable bonds is 5. The van der Waals surface area contributed by atoms with E-state index in [1.165, 1.54) is 6.07 Å². The first-order valence-electron chi connectivity index (χ1n) is 10.4. The highest BCUT2D eigenvalue weighted by Crippen LogP contribution is 2.37. The first kappa shape index (κ1) is 22.6. The minimum atomic E-state index is -4.66. The Morgan fingerprint density at radius 2 is 1.94 bits per heavy atom. The van der Waals surface area contributed by atoms with E-state index in [1.54, 1.807) is 36.1 Å². The molecule has 0 atom stereocenters. The Bertz CT molecular complexity index is 1220. The first-order valence-corrected chi connectivity index (χ1v) is 10.4. The van der Waals surface area contributed by atoms with Gasteiger partial charge in [-0.15, -0.1) is 0 Å². The van der Waals surface area contributed by atoms with Crippen LogP contribution in [0, 0.1) is 18.3 Å². The molecule has 1 aliphatic rings. The van der Waals surface area contributed by atoms with Crippen molar-refractivity contribution >= 4 is 5.91 Å². The number of aromatic nitrogens is 2. The highest BCUT2D eigenvalue weighted by Gasteiger charge is 2.38. The van der Waals surface area contributed by atoms with Gasteiger partial charge in [0.25, 0.3) is 5.91 Å². The lowest BCUT2D eigenvalue weighted by Crippen LogP contribution is -2.48. The predicted octanol–water partition coefficient (Wildman–Crippen LogP) is 4.05. The van der Waals surface area contributed by atoms with Crippen LogP contribution in [0.4, 0.5) is 13.2 Å². The number of aliphatic hydroxyl groups excluding tert-OH is 1. The molecule has 0 unspecified atom stereocenters. The molecule has 33 heavy (non-hydrogen) atoms. The van der Waals surface area contributed by atoms with Crippen molar-refractivity contribution in [2.75, 3.05) is 19.7 Å². The Morgan fingerprint density at radius 1 is 1.24 bits per heavy atom. The molecule has 0 radical (unpaired) electrons. The molecule has 1 fully saturated rings. The third-order valence-electron chi connectivity index (χ3n) is 5.80. The normalized spacial score (nSPS) is 14.1. The topological polar surface area (TPSA) is 93.0 Å². The number of nitrogens with one attached hydrogen (secondary N) is 1. The second-order valence-corrected chi connectivity index (χ2v) is 8.05. The fourth-order valence-electron chi connectivity index (χ4n) is 3.92. The maximum atomic E-state index is 13.6. The van der Waals surface area contributed by atoms with Crippen LogP contribution in [0.25, 0.3) is 11.3 Å². The number of aliphatic hydroxyl groups is 1. The zero-order chi connectivity index (χ0) is 23.8. The summed E-state index contributed by atoms with van der Waals surface area (Å²) in [4.78, 5) is 21.0. The summed E-state index contributed by atoms with van der Waals surface area (Å²) >= 11 is 0. The van der Waals surface area contributed by atoms with Gasteiger partial charge in [-0.3, -0.25) is 4.79 Å². The number of imidazole rings is 1. The number of aryl methyl sites for hydroxylation is 1. The summed E-state index contributed by atoms with van der Waals surface area (Å²) in [6.45, 7) is 2.31. The summed E-state index contributed by atoms with van der Waals surface area (Å²) in [5, 5.41) is 18.0. The summed E-state index contributed by atoms with van der Waals surface area (Å²) < 4.78 is 40.8. The lowest BCUT2D eigenvalue weighted by molar-refractivity contribution is -0.140. The van der Waals surface area contributed by atoms with E-state index in [9.17, 15) is 18.0 Å². The van der Waals surface area contributed by atoms with Crippen molar-refractivity contribution in [2.24, 2.45) is 0 Å². The lowest BCUT2D eigenvalue weighted by Gasteiger charge is -2.39. The number of carbonyl (C=O) groups excluding carboxylic acids is 1. The summed E-state index contributed by atoms with van der Waals surface area (Å²) in [5.41, 5.74) is 1.38. The average Bonchev–Trinajstić information content (AvgIpc) is 3.18. The van der Waals surface area contributed by atoms with Crippen molar-refractivity contribution in [1.82, 2.24) is 14.9 Å². The Morgan fingerprint density at radius 3 is 2.55 bits per heavy atom. The molecule has 170 valence electrons. The van der Waals surface area contributed by atoms with Gasteiger partial charge in [0.1, 0.15) is 17.2 Å². The maximum Gasteiger partial charge on any atom is 0.433 e. The van der Waals surface area contributed by atoms with Crippen LogP contribution in [-0.2, 0) is 12.6 Å². The van der Waals surface area contributed by atoms with Crippen molar-refractivity contribution in [1.29, 1.82) is 5.26 Å². The number of H-pyrrole nitrogens is 1. The maximum absolute atomic E-state index is 13.6. The van der Waals surface area contributed by atoms with Gasteiger partial charge in [-0.1, -0.05) is 18.2 Å². The van der Waals surface area contributed by atoms with Gasteiger partial charge in [0.05, 0.1) is 18.2 Å². The molecule has 2 heterocycles. The Hall–Kier alpha value is -3.64. The van der Waals surface area contributed by atoms with Gasteiger partial charge < -0.3 is 15.0 Å². The molecular weight excluding hydrogens is 433 g/mol. The number of nitrogens with zero attached hydrogens (tertiary/aromatic N) is 3. The number of benzene rings is 2. The van der Waals surface area contributed by atoms with Crippen molar-refractivity contribution in [3.05, 3.63) is 76.2 Å². The number of aromatic amines is 1. The van der Waals surface area contributed by atoms with Crippen LogP contribution in [-0.4, -0.2) is 45.6 Å². The molecule has 6 nitrogen and oxygen atoms in total. The smallest absolute Gasteiger partial charge is 0.396 e. The summed E-state index contributed by atoms with van der Waals surface area (Å²) in [6.07, 6.45) is -4.69. The quantitative estimate of drug-likeness (QED) is 0.608. The minimum Gasteiger partial charge on any atom is -0.396 e. The number of hydrogen-bond acceptors (Lipinski definition) is 4. The molecule has 2 N–H and O–H groups in total. The number of hydrogen-bond donors (Lipinski definition) is 2. The van der Waals surface area contributed by atoms with Crippen LogP contribution in [0.5, 0.6) is 0 Å². The molecule has 2 aromatic carbocycles. The molecule has 0 spiro atoms. The Labute approximate surface area is 188 Å². The minimum absolute atomic E-state index is 0.0314. The molecule has 1 saturated heterocycles. The molecular formula is C24H21F3N4O2. The average molecular weight is 454 g/mol. The van der Waals surface area contributed by atoms with E-state index >= 15 is 0 Å². The Balaban J connectivity index is 1.57. The number of likely N-dealkylation sites (tertiary alicyclic amines) is 1. The Kier molecular flexibility index (Phi) is 5.95. The molecule has 9 heteroatoms. The second kappa shape index (κ2) is 8.71. The summed E-state index contributed by atoms with van der Waals surface area (Å²) in [6, 6.07) is 13.9. The van der Waals surface area contributed by atoms with E-state index in [-0.39, 0.29) is 47.5 Å². The highest BCUT2D eigenvalue weighted by atomic mass is 19.4. The predicted molar refractivity (Wildman–Crippen MR) is 114 cm³/mol. The van der Waals surface area contributed by atoms with Gasteiger partial charge in [-0.05, 0) is 42.3 Å². The van der Waals surface area contributed by atoms with Crippen molar-refractivity contribution < 1.29 is 23.1 Å². The molecule has 0 bridgehead atoms. The van der Waals surface area contributed by atoms with Crippen LogP contribution in [0.1, 0.15) is 44.5 Å². The molecule has 1 aliphatic heterocycles. The highest BCUT2D eigenvalue weighted by molar-refractivity contribution is 5.96. The standard InChI is InChI=1S/C24H21F3N4O2/c1-14-2-5-17(10-19(14)21-22(24(25,26)27)30-20(29-21)8-9-32)23(33)31-12-18(13-31)16-6-3-15(11-28)4-7-16/h2-7,10,18,32H,8-9,12-13H2,1H3,(H,29,30). The van der Waals surface area contributed by atoms with Gasteiger partial charge in [0.15, 0.2) is 0 Å². The van der Waals surface area contributed by atoms with E-state index in [0.29, 0.717) is 24.2 Å². The van der Waals surface area contributed by atoms with E-state index < -0.39 is 11.9 Å². The lowest BCUT2D eigenvalue weighted by atomic mass is 9.90. The van der Waals surface area contributed by atoms with E-state index in [4.69, 9.17) is 10.4 Å². The molecule has 4 rings (SSSR count). The van der Waals surface area contributed by atoms with Crippen molar-refractivity contribution in [3.63, 3.8) is 0 Å². The monoisotopic (exact) mass is 454 g/mol. The zero-order valence-electron chi connectivity index (χ0n) is 17.8. The third kappa shape index (κ3) is 4.47. The largest absolute Gasteiger partial charge is 0.433 e. The fourth-order valence-corrected chi connectivity index (χ4v) is 3.92. The van der Waals surface area contributed by atoms with Crippen LogP contribution < -0.4 is 0 Å². The number of nitriles is 1. The molecule has 0 aliphatic carbocycles. The van der Waals surface area contributed by atoms with Gasteiger partial charge in [0, 0.05) is 36.6 Å². The molecule has 1 amide bonds. The zero-order valence-corrected chi connectivity index (χ0v) is 17.8. The molecule has 0 saturated carbocycles. The third-order valence-corrected chi connectivity index (χ3v) is 5.80. The van der Waals surface area contributed by atoms with Gasteiger partial charge in [-0.2, -0.15) is 18.4 Å². The van der Waals surface area contributed by atoms with Crippen molar-refractivity contribution in [3.8, 4) is 17.3 Å². The number of alkyl halides is 3. The van der Waals surface area contributed by atoms with E-state index in [2.05, 4.69) is 16.0 Å². The fraction of sp³-hybridized carbons (Fsp3) is 0.292. The van der Waals surface area contributed by atoms with Gasteiger partial charge in [-0.25, -0.2) is 4.98 Å². The number of halogens is 3. The van der Waals surface area contributed by atoms with Gasteiger partial charge in [0.2, 0.25) is 0 Å². The van der Waals surface area contributed by atoms with Gasteiger partial charge >= 0.3 is 6.18 Å². The van der Waals surface area contributed by atoms with Crippen LogP contribution in [0.2, 0.25) is 0 Å². The van der Waals surface area contributed by atoms with Crippen LogP contribution >= 0.6 is 0 Å². The first-order chi connectivity index (χ1) is 15.7. The molecule has 1 aromatic heterocycles. The summed E-state index contributed by atoms with van der Waals surface area (Å²) in [7, 11) is 0. The molecule has 3 aromatic rings. The SMILES string of the molecule is Cc1ccc(C(=O)N2CC(c3ccc(C#N)cc3)C2)cc1-c1nc(CCO)[nH]c1C(F)(F)F. The van der Waals surface area contributed by atoms with E-state index in [1.807, 2.05) is 12.1 Å². The summed E-state index contributed by atoms with van der Waals surface area (Å²) in [5.74, 6) is -0.0828. The number of carbonyl (C=O) groups is 1. The van der Waals surface area contributed by atoms with Crippen molar-refractivity contribution in [2.45, 2.75) is 25.4 Å². The van der Waals surface area contributed by atoms with E-state index in [0.717, 1.165) is 5.56 Å². The second-order valence-electron chi connectivity index (χ2n) is 8.05. The van der Waals surface area contributed by atoms with Crippen LogP contribution in [0.15, 0.2) is 42.5 Å². The van der Waals surface area contributed by atoms with Crippen LogP contribution in [0.3, 0.4) is 0 Å².